The van der Waals surface area contributed by atoms with Crippen LogP contribution in [0.2, 0.25) is 0 Å². The van der Waals surface area contributed by atoms with Gasteiger partial charge in [-0.25, -0.2) is 0 Å². The van der Waals surface area contributed by atoms with E-state index in [1.807, 2.05) is 133 Å². The molecule has 2 saturated heterocycles. The molecule has 0 aliphatic carbocycles. The fourth-order valence-corrected chi connectivity index (χ4v) is 6.13. The van der Waals surface area contributed by atoms with Crippen molar-refractivity contribution in [2.75, 3.05) is 6.61 Å². The summed E-state index contributed by atoms with van der Waals surface area (Å²) < 4.78 is 12.2. The molecule has 2 fully saturated rings. The van der Waals surface area contributed by atoms with E-state index >= 15 is 0 Å². The molecule has 7 heteroatoms. The number of nitrogens with zero attached hydrogens (tertiary/aromatic N) is 2. The van der Waals surface area contributed by atoms with E-state index in [9.17, 15) is 9.59 Å². The smallest absolute Gasteiger partial charge is 0.320 e. The van der Waals surface area contributed by atoms with Crippen LogP contribution in [0.4, 0.5) is 0 Å². The van der Waals surface area contributed by atoms with Crippen LogP contribution in [-0.2, 0) is 49.4 Å². The fourth-order valence-electron chi connectivity index (χ4n) is 6.13. The maximum absolute atomic E-state index is 14.6. The summed E-state index contributed by atoms with van der Waals surface area (Å²) in [6.07, 6.45) is 0.487. The first-order valence-corrected chi connectivity index (χ1v) is 14.7. The molecule has 0 unspecified atom stereocenters. The van der Waals surface area contributed by atoms with Crippen molar-refractivity contribution in [3.8, 4) is 0 Å². The third-order valence-corrected chi connectivity index (χ3v) is 8.36. The van der Waals surface area contributed by atoms with Crippen LogP contribution in [0.25, 0.3) is 0 Å². The standard InChI is InChI=1S/C36H36N2O5/c1-36(30-20-12-5-13-21-30)38-31(26-42-36)22-32(33(34(38)39)35(40)41-24-28-16-8-3-9-17-28)37(23-27-14-6-2-7-15-27)43-25-29-18-10-4-11-19-29/h2-21,31-33H,22-26H2,1H3/t31-,32-,33+,36-/m0/s1. The number of rotatable bonds is 10. The van der Waals surface area contributed by atoms with Crippen molar-refractivity contribution in [2.24, 2.45) is 5.92 Å². The van der Waals surface area contributed by atoms with Gasteiger partial charge in [0, 0.05) is 12.1 Å². The first-order chi connectivity index (χ1) is 21.0. The maximum atomic E-state index is 14.6. The van der Waals surface area contributed by atoms with E-state index in [1.54, 1.807) is 4.90 Å². The van der Waals surface area contributed by atoms with Crippen LogP contribution < -0.4 is 0 Å². The lowest BCUT2D eigenvalue weighted by atomic mass is 9.85. The number of hydrogen-bond acceptors (Lipinski definition) is 6. The summed E-state index contributed by atoms with van der Waals surface area (Å²) in [6, 6.07) is 38.2. The Morgan fingerprint density at radius 2 is 1.35 bits per heavy atom. The second-order valence-corrected chi connectivity index (χ2v) is 11.2. The number of fused-ring (bicyclic) bond motifs is 1. The van der Waals surface area contributed by atoms with E-state index in [1.165, 1.54) is 0 Å². The number of hydrogen-bond donors (Lipinski definition) is 0. The molecular weight excluding hydrogens is 540 g/mol. The molecule has 6 rings (SSSR count). The van der Waals surface area contributed by atoms with Gasteiger partial charge in [-0.2, -0.15) is 5.06 Å². The molecule has 0 spiro atoms. The minimum atomic E-state index is -1.11. The molecule has 0 bridgehead atoms. The van der Waals surface area contributed by atoms with Crippen molar-refractivity contribution in [2.45, 2.75) is 50.9 Å². The lowest BCUT2D eigenvalue weighted by Gasteiger charge is -2.46. The summed E-state index contributed by atoms with van der Waals surface area (Å²) in [6.45, 7) is 3.04. The molecule has 43 heavy (non-hydrogen) atoms. The van der Waals surface area contributed by atoms with Gasteiger partial charge in [0.15, 0.2) is 11.6 Å². The fraction of sp³-hybridized carbons (Fsp3) is 0.278. The van der Waals surface area contributed by atoms with E-state index in [0.29, 0.717) is 26.2 Å². The zero-order valence-electron chi connectivity index (χ0n) is 24.3. The maximum Gasteiger partial charge on any atom is 0.320 e. The molecule has 4 atom stereocenters. The van der Waals surface area contributed by atoms with Crippen LogP contribution in [0.5, 0.6) is 0 Å². The SMILES string of the molecule is C[C@@]1(c2ccccc2)OC[C@@H]2C[C@H](N(Cc3ccccc3)OCc3ccccc3)[C@@H](C(=O)OCc3ccccc3)C(=O)N21. The van der Waals surface area contributed by atoms with E-state index in [4.69, 9.17) is 14.3 Å². The number of amides is 1. The Bertz CT molecular complexity index is 1500. The molecule has 0 aromatic heterocycles. The number of carbonyl (C=O) groups is 2. The predicted octanol–water partition coefficient (Wildman–Crippen LogP) is 5.85. The van der Waals surface area contributed by atoms with Crippen molar-refractivity contribution in [1.29, 1.82) is 0 Å². The molecule has 0 saturated carbocycles. The largest absolute Gasteiger partial charge is 0.460 e. The van der Waals surface area contributed by atoms with E-state index in [2.05, 4.69) is 0 Å². The van der Waals surface area contributed by atoms with Crippen LogP contribution in [0.3, 0.4) is 0 Å². The second kappa shape index (κ2) is 12.9. The Morgan fingerprint density at radius 3 is 1.95 bits per heavy atom. The number of piperidine rings is 1. The molecule has 2 aliphatic heterocycles. The first-order valence-electron chi connectivity index (χ1n) is 14.7. The Kier molecular flexibility index (Phi) is 8.65. The highest BCUT2D eigenvalue weighted by atomic mass is 16.7. The summed E-state index contributed by atoms with van der Waals surface area (Å²) in [4.78, 5) is 36.7. The first kappa shape index (κ1) is 28.8. The van der Waals surface area contributed by atoms with Crippen molar-refractivity contribution < 1.29 is 23.9 Å². The van der Waals surface area contributed by atoms with Gasteiger partial charge >= 0.3 is 5.97 Å². The van der Waals surface area contributed by atoms with Crippen LogP contribution in [-0.4, -0.2) is 40.5 Å². The summed E-state index contributed by atoms with van der Waals surface area (Å²) in [5.74, 6) is -1.99. The molecule has 4 aromatic carbocycles. The normalized spacial score (nSPS) is 23.3. The van der Waals surface area contributed by atoms with Gasteiger partial charge in [-0.1, -0.05) is 121 Å². The minimum absolute atomic E-state index is 0.0790. The number of hydroxylamine groups is 2. The van der Waals surface area contributed by atoms with Crippen LogP contribution in [0, 0.1) is 5.92 Å². The summed E-state index contributed by atoms with van der Waals surface area (Å²) in [5.41, 5.74) is 2.73. The van der Waals surface area contributed by atoms with Gasteiger partial charge in [0.1, 0.15) is 6.61 Å². The van der Waals surface area contributed by atoms with E-state index < -0.39 is 23.7 Å². The van der Waals surface area contributed by atoms with E-state index in [-0.39, 0.29) is 18.6 Å². The van der Waals surface area contributed by atoms with Crippen molar-refractivity contribution >= 4 is 11.9 Å². The van der Waals surface area contributed by atoms with E-state index in [0.717, 1.165) is 22.3 Å². The Balaban J connectivity index is 1.34. The van der Waals surface area contributed by atoms with Gasteiger partial charge in [0.2, 0.25) is 5.91 Å². The highest BCUT2D eigenvalue weighted by molar-refractivity contribution is 6.00. The minimum Gasteiger partial charge on any atom is -0.460 e. The third kappa shape index (κ3) is 6.25. The Hall–Kier alpha value is -4.30. The van der Waals surface area contributed by atoms with Gasteiger partial charge in [0.05, 0.1) is 25.3 Å². The summed E-state index contributed by atoms with van der Waals surface area (Å²) >= 11 is 0. The second-order valence-electron chi connectivity index (χ2n) is 11.2. The molecular formula is C36H36N2O5. The number of esters is 1. The van der Waals surface area contributed by atoms with Gasteiger partial charge in [0.25, 0.3) is 0 Å². The molecule has 220 valence electrons. The highest BCUT2D eigenvalue weighted by Crippen LogP contribution is 2.44. The quantitative estimate of drug-likeness (QED) is 0.134. The zero-order valence-corrected chi connectivity index (χ0v) is 24.3. The van der Waals surface area contributed by atoms with Crippen molar-refractivity contribution in [1.82, 2.24) is 9.96 Å². The topological polar surface area (TPSA) is 68.3 Å². The van der Waals surface area contributed by atoms with Crippen molar-refractivity contribution in [3.63, 3.8) is 0 Å². The third-order valence-electron chi connectivity index (χ3n) is 8.36. The average Bonchev–Trinajstić information content (AvgIpc) is 3.41. The zero-order chi connectivity index (χ0) is 29.6. The van der Waals surface area contributed by atoms with Gasteiger partial charge in [-0.3, -0.25) is 14.4 Å². The molecule has 0 N–H and O–H groups in total. The number of ether oxygens (including phenoxy) is 2. The predicted molar refractivity (Wildman–Crippen MR) is 162 cm³/mol. The molecule has 4 aromatic rings. The lowest BCUT2D eigenvalue weighted by molar-refractivity contribution is -0.230. The molecule has 2 aliphatic rings. The molecule has 2 heterocycles. The molecule has 0 radical (unpaired) electrons. The van der Waals surface area contributed by atoms with Crippen LogP contribution >= 0.6 is 0 Å². The highest BCUT2D eigenvalue weighted by Gasteiger charge is 2.58. The number of benzene rings is 4. The summed E-state index contributed by atoms with van der Waals surface area (Å²) in [5, 5.41) is 1.81. The van der Waals surface area contributed by atoms with Crippen molar-refractivity contribution in [3.05, 3.63) is 144 Å². The Morgan fingerprint density at radius 1 is 0.814 bits per heavy atom. The molecule has 7 nitrogen and oxygen atoms in total. The average molecular weight is 577 g/mol. The summed E-state index contributed by atoms with van der Waals surface area (Å²) in [7, 11) is 0. The number of carbonyl (C=O) groups excluding carboxylic acids is 2. The van der Waals surface area contributed by atoms with Gasteiger partial charge < -0.3 is 14.4 Å². The molecule has 1 amide bonds. The van der Waals surface area contributed by atoms with Gasteiger partial charge in [-0.15, -0.1) is 0 Å². The Labute approximate surface area is 252 Å². The van der Waals surface area contributed by atoms with Crippen LogP contribution in [0.15, 0.2) is 121 Å². The lowest BCUT2D eigenvalue weighted by Crippen LogP contribution is -2.62. The monoisotopic (exact) mass is 576 g/mol. The van der Waals surface area contributed by atoms with Crippen LogP contribution in [0.1, 0.15) is 35.6 Å². The van der Waals surface area contributed by atoms with Gasteiger partial charge in [-0.05, 0) is 30.0 Å².